The maximum Gasteiger partial charge on any atom is 0.0967 e. The zero-order valence-electron chi connectivity index (χ0n) is 8.62. The van der Waals surface area contributed by atoms with E-state index in [4.69, 9.17) is 10.5 Å². The van der Waals surface area contributed by atoms with Crippen LogP contribution in [0.5, 0.6) is 0 Å². The molecule has 0 aliphatic carbocycles. The molecule has 0 bridgehead atoms. The molecule has 1 saturated heterocycles. The monoisotopic (exact) mass is 187 g/mol. The molecule has 0 aromatic carbocycles. The van der Waals surface area contributed by atoms with Crippen molar-refractivity contribution in [1.82, 2.24) is 0 Å². The lowest BCUT2D eigenvalue weighted by molar-refractivity contribution is -0.0442. The topological polar surface area (TPSA) is 55.5 Å². The number of hydrogen-bond acceptors (Lipinski definition) is 3. The summed E-state index contributed by atoms with van der Waals surface area (Å²) in [6.07, 6.45) is 2.12. The quantitative estimate of drug-likeness (QED) is 0.683. The van der Waals surface area contributed by atoms with Gasteiger partial charge in [0.25, 0.3) is 0 Å². The van der Waals surface area contributed by atoms with Crippen molar-refractivity contribution >= 4 is 0 Å². The second kappa shape index (κ2) is 4.40. The van der Waals surface area contributed by atoms with Gasteiger partial charge in [0.05, 0.1) is 18.8 Å². The highest BCUT2D eigenvalue weighted by atomic mass is 16.5. The molecule has 0 saturated carbocycles. The first-order chi connectivity index (χ1) is 6.15. The van der Waals surface area contributed by atoms with Crippen LogP contribution in [0.1, 0.15) is 26.7 Å². The standard InChI is InChI=1S/C10H21NO2/c1-3-4-9-6-13-7-10(9,12)8(2)5-11/h8-9,12H,3-7,11H2,1-2H3. The number of ether oxygens (including phenoxy) is 1. The average Bonchev–Trinajstić information content (AvgIpc) is 2.49. The lowest BCUT2D eigenvalue weighted by atomic mass is 9.78. The molecule has 3 N–H and O–H groups in total. The Morgan fingerprint density at radius 3 is 2.92 bits per heavy atom. The molecule has 0 aromatic rings. The first-order valence-electron chi connectivity index (χ1n) is 5.15. The van der Waals surface area contributed by atoms with E-state index in [9.17, 15) is 5.11 Å². The summed E-state index contributed by atoms with van der Waals surface area (Å²) in [7, 11) is 0. The predicted octanol–water partition coefficient (Wildman–Crippen LogP) is 0.759. The zero-order valence-corrected chi connectivity index (χ0v) is 8.62. The Hall–Kier alpha value is -0.120. The lowest BCUT2D eigenvalue weighted by Crippen LogP contribution is -2.46. The van der Waals surface area contributed by atoms with Gasteiger partial charge in [0.15, 0.2) is 0 Å². The SMILES string of the molecule is CCCC1COCC1(O)C(C)CN. The highest BCUT2D eigenvalue weighted by Gasteiger charge is 2.45. The van der Waals surface area contributed by atoms with Crippen LogP contribution in [0.15, 0.2) is 0 Å². The van der Waals surface area contributed by atoms with Gasteiger partial charge in [-0.25, -0.2) is 0 Å². The van der Waals surface area contributed by atoms with Crippen LogP contribution in [-0.2, 0) is 4.74 Å². The molecule has 1 heterocycles. The molecule has 0 amide bonds. The number of aliphatic hydroxyl groups is 1. The van der Waals surface area contributed by atoms with Gasteiger partial charge in [-0.1, -0.05) is 20.3 Å². The van der Waals surface area contributed by atoms with E-state index in [1.165, 1.54) is 0 Å². The minimum Gasteiger partial charge on any atom is -0.387 e. The fourth-order valence-electron chi connectivity index (χ4n) is 2.06. The summed E-state index contributed by atoms with van der Waals surface area (Å²) in [5, 5.41) is 10.3. The van der Waals surface area contributed by atoms with E-state index in [0.717, 1.165) is 12.8 Å². The normalized spacial score (nSPS) is 36.5. The largest absolute Gasteiger partial charge is 0.387 e. The molecule has 0 aromatic heterocycles. The van der Waals surface area contributed by atoms with E-state index in [1.807, 2.05) is 6.92 Å². The van der Waals surface area contributed by atoms with E-state index in [0.29, 0.717) is 19.8 Å². The van der Waals surface area contributed by atoms with Gasteiger partial charge in [0.2, 0.25) is 0 Å². The molecule has 0 spiro atoms. The summed E-state index contributed by atoms with van der Waals surface area (Å²) in [4.78, 5) is 0. The van der Waals surface area contributed by atoms with Crippen LogP contribution in [-0.4, -0.2) is 30.5 Å². The number of rotatable bonds is 4. The van der Waals surface area contributed by atoms with Crippen molar-refractivity contribution in [2.24, 2.45) is 17.6 Å². The highest BCUT2D eigenvalue weighted by Crippen LogP contribution is 2.34. The van der Waals surface area contributed by atoms with Crippen molar-refractivity contribution in [2.45, 2.75) is 32.3 Å². The molecule has 3 atom stereocenters. The van der Waals surface area contributed by atoms with Crippen LogP contribution >= 0.6 is 0 Å². The summed E-state index contributed by atoms with van der Waals surface area (Å²) in [5.74, 6) is 0.405. The fraction of sp³-hybridized carbons (Fsp3) is 1.00. The first-order valence-corrected chi connectivity index (χ1v) is 5.15. The fourth-order valence-corrected chi connectivity index (χ4v) is 2.06. The lowest BCUT2D eigenvalue weighted by Gasteiger charge is -2.33. The van der Waals surface area contributed by atoms with Gasteiger partial charge in [-0.3, -0.25) is 0 Å². The summed E-state index contributed by atoms with van der Waals surface area (Å²) in [5.41, 5.74) is 4.90. The average molecular weight is 187 g/mol. The Balaban J connectivity index is 2.63. The van der Waals surface area contributed by atoms with Crippen LogP contribution < -0.4 is 5.73 Å². The molecular formula is C10H21NO2. The van der Waals surface area contributed by atoms with Crippen LogP contribution in [0, 0.1) is 11.8 Å². The van der Waals surface area contributed by atoms with Gasteiger partial charge in [-0.05, 0) is 18.9 Å². The maximum atomic E-state index is 10.3. The van der Waals surface area contributed by atoms with Gasteiger partial charge >= 0.3 is 0 Å². The molecule has 3 heteroatoms. The number of hydrogen-bond donors (Lipinski definition) is 2. The van der Waals surface area contributed by atoms with Crippen LogP contribution in [0.3, 0.4) is 0 Å². The minimum atomic E-state index is -0.676. The van der Waals surface area contributed by atoms with Crippen LogP contribution in [0.25, 0.3) is 0 Å². The molecule has 3 unspecified atom stereocenters. The van der Waals surface area contributed by atoms with Crippen molar-refractivity contribution in [2.75, 3.05) is 19.8 Å². The van der Waals surface area contributed by atoms with Crippen molar-refractivity contribution in [3.63, 3.8) is 0 Å². The smallest absolute Gasteiger partial charge is 0.0967 e. The second-order valence-electron chi connectivity index (χ2n) is 4.13. The van der Waals surface area contributed by atoms with Gasteiger partial charge in [0.1, 0.15) is 0 Å². The van der Waals surface area contributed by atoms with Crippen molar-refractivity contribution in [3.8, 4) is 0 Å². The predicted molar refractivity (Wildman–Crippen MR) is 52.4 cm³/mol. The Bertz CT molecular complexity index is 163. The van der Waals surface area contributed by atoms with Crippen LogP contribution in [0.2, 0.25) is 0 Å². The molecule has 13 heavy (non-hydrogen) atoms. The summed E-state index contributed by atoms with van der Waals surface area (Å²) >= 11 is 0. The summed E-state index contributed by atoms with van der Waals surface area (Å²) < 4.78 is 5.34. The van der Waals surface area contributed by atoms with E-state index in [-0.39, 0.29) is 11.8 Å². The maximum absolute atomic E-state index is 10.3. The molecular weight excluding hydrogens is 166 g/mol. The van der Waals surface area contributed by atoms with Crippen molar-refractivity contribution in [3.05, 3.63) is 0 Å². The van der Waals surface area contributed by atoms with E-state index in [1.54, 1.807) is 0 Å². The number of nitrogens with two attached hydrogens (primary N) is 1. The van der Waals surface area contributed by atoms with Gasteiger partial charge < -0.3 is 15.6 Å². The van der Waals surface area contributed by atoms with E-state index in [2.05, 4.69) is 6.92 Å². The van der Waals surface area contributed by atoms with Gasteiger partial charge in [0, 0.05) is 5.92 Å². The molecule has 78 valence electrons. The molecule has 1 fully saturated rings. The molecule has 0 radical (unpaired) electrons. The molecule has 1 aliphatic rings. The Labute approximate surface area is 80.3 Å². The molecule has 1 rings (SSSR count). The summed E-state index contributed by atoms with van der Waals surface area (Å²) in [6, 6.07) is 0. The Kier molecular flexibility index (Phi) is 3.71. The Morgan fingerprint density at radius 1 is 1.69 bits per heavy atom. The third kappa shape index (κ3) is 2.03. The molecule has 1 aliphatic heterocycles. The highest BCUT2D eigenvalue weighted by molar-refractivity contribution is 4.94. The Morgan fingerprint density at radius 2 is 2.38 bits per heavy atom. The van der Waals surface area contributed by atoms with Crippen LogP contribution in [0.4, 0.5) is 0 Å². The van der Waals surface area contributed by atoms with E-state index >= 15 is 0 Å². The minimum absolute atomic E-state index is 0.131. The van der Waals surface area contributed by atoms with E-state index < -0.39 is 5.60 Å². The van der Waals surface area contributed by atoms with Crippen molar-refractivity contribution < 1.29 is 9.84 Å². The third-order valence-corrected chi connectivity index (χ3v) is 3.20. The second-order valence-corrected chi connectivity index (χ2v) is 4.13. The molecule has 3 nitrogen and oxygen atoms in total. The summed E-state index contributed by atoms with van der Waals surface area (Å²) in [6.45, 7) is 5.80. The van der Waals surface area contributed by atoms with Gasteiger partial charge in [-0.2, -0.15) is 0 Å². The third-order valence-electron chi connectivity index (χ3n) is 3.20. The first kappa shape index (κ1) is 11.0. The van der Waals surface area contributed by atoms with Crippen molar-refractivity contribution in [1.29, 1.82) is 0 Å². The van der Waals surface area contributed by atoms with Gasteiger partial charge in [-0.15, -0.1) is 0 Å². The zero-order chi connectivity index (χ0) is 9.90.